The number of aromatic nitrogens is 1. The van der Waals surface area contributed by atoms with Gasteiger partial charge < -0.3 is 4.52 Å². The molecular formula is C11H9ClN2O2. The van der Waals surface area contributed by atoms with Crippen LogP contribution in [0.1, 0.15) is 16.1 Å². The van der Waals surface area contributed by atoms with Crippen LogP contribution in [0.2, 0.25) is 5.02 Å². The van der Waals surface area contributed by atoms with Crippen molar-refractivity contribution in [3.8, 4) is 0 Å². The summed E-state index contributed by atoms with van der Waals surface area (Å²) in [5.41, 5.74) is 1.10. The number of anilines is 1. The average molecular weight is 237 g/mol. The first-order valence-electron chi connectivity index (χ1n) is 4.66. The van der Waals surface area contributed by atoms with Crippen molar-refractivity contribution in [2.75, 3.05) is 5.32 Å². The molecule has 1 amide bonds. The van der Waals surface area contributed by atoms with E-state index in [-0.39, 0.29) is 5.91 Å². The molecule has 0 aliphatic heterocycles. The Morgan fingerprint density at radius 1 is 1.44 bits per heavy atom. The number of carbonyl (C=O) groups is 1. The van der Waals surface area contributed by atoms with Gasteiger partial charge in [-0.2, -0.15) is 0 Å². The van der Waals surface area contributed by atoms with E-state index in [4.69, 9.17) is 16.1 Å². The molecule has 2 aromatic rings. The third-order valence-corrected chi connectivity index (χ3v) is 2.31. The largest absolute Gasteiger partial charge is 0.338 e. The van der Waals surface area contributed by atoms with Crippen LogP contribution in [-0.2, 0) is 0 Å². The van der Waals surface area contributed by atoms with E-state index in [0.717, 1.165) is 0 Å². The lowest BCUT2D eigenvalue weighted by Crippen LogP contribution is -2.11. The minimum absolute atomic E-state index is 0.308. The van der Waals surface area contributed by atoms with Crippen LogP contribution in [0.5, 0.6) is 0 Å². The van der Waals surface area contributed by atoms with Crippen molar-refractivity contribution in [1.82, 2.24) is 5.16 Å². The molecule has 0 radical (unpaired) electrons. The summed E-state index contributed by atoms with van der Waals surface area (Å²) in [6.45, 7) is 1.77. The molecule has 0 bridgehead atoms. The van der Waals surface area contributed by atoms with Crippen LogP contribution >= 0.6 is 11.6 Å². The molecule has 0 aliphatic rings. The minimum atomic E-state index is -0.318. The summed E-state index contributed by atoms with van der Waals surface area (Å²) in [7, 11) is 0. The zero-order chi connectivity index (χ0) is 11.5. The number of nitrogens with zero attached hydrogens (tertiary/aromatic N) is 1. The molecule has 1 aromatic carbocycles. The highest BCUT2D eigenvalue weighted by molar-refractivity contribution is 6.34. The first kappa shape index (κ1) is 10.7. The number of hydrogen-bond donors (Lipinski definition) is 1. The number of carbonyl (C=O) groups excluding carboxylic acids is 1. The van der Waals surface area contributed by atoms with Crippen LogP contribution in [0.25, 0.3) is 0 Å². The molecule has 0 unspecified atom stereocenters. The van der Waals surface area contributed by atoms with Crippen LogP contribution in [0, 0.1) is 6.92 Å². The van der Waals surface area contributed by atoms with Gasteiger partial charge in [-0.05, 0) is 19.1 Å². The summed E-state index contributed by atoms with van der Waals surface area (Å²) < 4.78 is 4.87. The van der Waals surface area contributed by atoms with E-state index in [1.54, 1.807) is 37.3 Å². The van der Waals surface area contributed by atoms with Gasteiger partial charge in [0, 0.05) is 6.07 Å². The van der Waals surface area contributed by atoms with E-state index >= 15 is 0 Å². The highest BCUT2D eigenvalue weighted by Gasteiger charge is 2.11. The smallest absolute Gasteiger partial charge is 0.259 e. The number of benzene rings is 1. The molecule has 1 aromatic heterocycles. The maximum Gasteiger partial charge on any atom is 0.259 e. The van der Waals surface area contributed by atoms with Crippen LogP contribution in [0.4, 0.5) is 5.88 Å². The number of aryl methyl sites for hydroxylation is 1. The van der Waals surface area contributed by atoms with Crippen LogP contribution in [-0.4, -0.2) is 11.1 Å². The molecule has 0 atom stereocenters. The Morgan fingerprint density at radius 2 is 2.19 bits per heavy atom. The fourth-order valence-electron chi connectivity index (χ4n) is 1.25. The Hall–Kier alpha value is -1.81. The molecule has 5 heteroatoms. The normalized spacial score (nSPS) is 10.1. The van der Waals surface area contributed by atoms with Gasteiger partial charge in [-0.3, -0.25) is 10.1 Å². The molecule has 0 saturated carbocycles. The molecule has 1 heterocycles. The van der Waals surface area contributed by atoms with Gasteiger partial charge in [0.25, 0.3) is 5.91 Å². The van der Waals surface area contributed by atoms with Crippen LogP contribution in [0.3, 0.4) is 0 Å². The molecule has 82 valence electrons. The summed E-state index contributed by atoms with van der Waals surface area (Å²) in [6.07, 6.45) is 0. The number of halogens is 1. The first-order chi connectivity index (χ1) is 7.66. The number of nitrogens with one attached hydrogen (secondary N) is 1. The van der Waals surface area contributed by atoms with Crippen LogP contribution in [0.15, 0.2) is 34.9 Å². The Bertz CT molecular complexity index is 522. The van der Waals surface area contributed by atoms with Crippen molar-refractivity contribution in [2.24, 2.45) is 0 Å². The van der Waals surface area contributed by atoms with Gasteiger partial charge in [-0.15, -0.1) is 0 Å². The quantitative estimate of drug-likeness (QED) is 0.872. The second kappa shape index (κ2) is 4.37. The molecule has 2 rings (SSSR count). The molecule has 0 saturated heterocycles. The van der Waals surface area contributed by atoms with Crippen molar-refractivity contribution in [3.05, 3.63) is 46.6 Å². The Balaban J connectivity index is 2.18. The highest BCUT2D eigenvalue weighted by atomic mass is 35.5. The summed E-state index contributed by atoms with van der Waals surface area (Å²) in [4.78, 5) is 11.8. The molecule has 1 N–H and O–H groups in total. The fraction of sp³-hybridized carbons (Fsp3) is 0.0909. The van der Waals surface area contributed by atoms with E-state index in [9.17, 15) is 4.79 Å². The predicted molar refractivity (Wildman–Crippen MR) is 60.6 cm³/mol. The van der Waals surface area contributed by atoms with Gasteiger partial charge >= 0.3 is 0 Å². The lowest BCUT2D eigenvalue weighted by Gasteiger charge is -2.02. The van der Waals surface area contributed by atoms with Gasteiger partial charge in [0.1, 0.15) is 0 Å². The molecule has 0 spiro atoms. The van der Waals surface area contributed by atoms with Crippen molar-refractivity contribution >= 4 is 23.4 Å². The van der Waals surface area contributed by atoms with Gasteiger partial charge in [0.15, 0.2) is 0 Å². The maximum absolute atomic E-state index is 11.8. The highest BCUT2D eigenvalue weighted by Crippen LogP contribution is 2.17. The molecule has 0 aliphatic carbocycles. The van der Waals surface area contributed by atoms with Crippen molar-refractivity contribution in [3.63, 3.8) is 0 Å². The predicted octanol–water partition coefficient (Wildman–Crippen LogP) is 2.89. The molecule has 16 heavy (non-hydrogen) atoms. The van der Waals surface area contributed by atoms with Gasteiger partial charge in [-0.1, -0.05) is 28.9 Å². The lowest BCUT2D eigenvalue weighted by molar-refractivity contribution is 0.102. The topological polar surface area (TPSA) is 55.1 Å². The molecular weight excluding hydrogens is 228 g/mol. The standard InChI is InChI=1S/C11H9ClN2O2/c1-7-6-10(16-14-7)13-11(15)8-4-2-3-5-9(8)12/h2-6H,1H3,(H,13,15). The second-order valence-electron chi connectivity index (χ2n) is 3.27. The van der Waals surface area contributed by atoms with E-state index in [0.29, 0.717) is 22.2 Å². The first-order valence-corrected chi connectivity index (χ1v) is 5.04. The third-order valence-electron chi connectivity index (χ3n) is 1.98. The second-order valence-corrected chi connectivity index (χ2v) is 3.67. The molecule has 4 nitrogen and oxygen atoms in total. The van der Waals surface area contributed by atoms with Crippen molar-refractivity contribution in [2.45, 2.75) is 6.92 Å². The monoisotopic (exact) mass is 236 g/mol. The van der Waals surface area contributed by atoms with Gasteiger partial charge in [-0.25, -0.2) is 0 Å². The maximum atomic E-state index is 11.8. The van der Waals surface area contributed by atoms with E-state index < -0.39 is 0 Å². The SMILES string of the molecule is Cc1cc(NC(=O)c2ccccc2Cl)on1. The fourth-order valence-corrected chi connectivity index (χ4v) is 1.47. The number of rotatable bonds is 2. The lowest BCUT2D eigenvalue weighted by atomic mass is 10.2. The zero-order valence-electron chi connectivity index (χ0n) is 8.53. The van der Waals surface area contributed by atoms with E-state index in [2.05, 4.69) is 10.5 Å². The minimum Gasteiger partial charge on any atom is -0.338 e. The summed E-state index contributed by atoms with van der Waals surface area (Å²) in [5, 5.41) is 6.63. The number of amides is 1. The van der Waals surface area contributed by atoms with E-state index in [1.807, 2.05) is 0 Å². The van der Waals surface area contributed by atoms with E-state index in [1.165, 1.54) is 0 Å². The Labute approximate surface area is 97.2 Å². The Kier molecular flexibility index (Phi) is 2.92. The van der Waals surface area contributed by atoms with Gasteiger partial charge in [0.05, 0.1) is 16.3 Å². The Morgan fingerprint density at radius 3 is 2.81 bits per heavy atom. The summed E-state index contributed by atoms with van der Waals surface area (Å²) in [6, 6.07) is 8.43. The van der Waals surface area contributed by atoms with Crippen LogP contribution < -0.4 is 5.32 Å². The number of hydrogen-bond acceptors (Lipinski definition) is 3. The molecule has 0 fully saturated rings. The zero-order valence-corrected chi connectivity index (χ0v) is 9.28. The van der Waals surface area contributed by atoms with Crippen molar-refractivity contribution < 1.29 is 9.32 Å². The third kappa shape index (κ3) is 2.23. The summed E-state index contributed by atoms with van der Waals surface area (Å²) >= 11 is 5.88. The van der Waals surface area contributed by atoms with Gasteiger partial charge in [0.2, 0.25) is 5.88 Å². The van der Waals surface area contributed by atoms with Crippen molar-refractivity contribution in [1.29, 1.82) is 0 Å². The summed E-state index contributed by atoms with van der Waals surface area (Å²) in [5.74, 6) is -0.0100. The average Bonchev–Trinajstić information content (AvgIpc) is 2.64.